The molecule has 1 rings (SSSR count). The monoisotopic (exact) mass is 339 g/mol. The molecule has 0 spiro atoms. The Morgan fingerprint density at radius 2 is 1.87 bits per heavy atom. The number of carbonyl (C=O) groups excluding carboxylic acids is 1. The van der Waals surface area contributed by atoms with Crippen LogP contribution in [-0.4, -0.2) is 35.1 Å². The predicted molar refractivity (Wildman–Crippen MR) is 92.9 cm³/mol. The number of carboxylic acids is 1. The number of carbonyl (C=O) groups is 2. The van der Waals surface area contributed by atoms with Crippen molar-refractivity contribution < 1.29 is 19.4 Å². The van der Waals surface area contributed by atoms with Crippen LogP contribution < -0.4 is 10.1 Å². The van der Waals surface area contributed by atoms with Gasteiger partial charge in [-0.15, -0.1) is 0 Å². The van der Waals surface area contributed by atoms with Crippen molar-refractivity contribution in [3.8, 4) is 5.75 Å². The average Bonchev–Trinajstić information content (AvgIpc) is 2.49. The fourth-order valence-electron chi connectivity index (χ4n) is 1.85. The van der Waals surface area contributed by atoms with Gasteiger partial charge in [-0.2, -0.15) is 11.8 Å². The van der Waals surface area contributed by atoms with Crippen LogP contribution in [-0.2, 0) is 9.59 Å². The van der Waals surface area contributed by atoms with Gasteiger partial charge in [0.05, 0.1) is 11.8 Å². The maximum atomic E-state index is 11.9. The minimum absolute atomic E-state index is 0.0254. The van der Waals surface area contributed by atoms with Crippen molar-refractivity contribution in [1.29, 1.82) is 0 Å². The van der Waals surface area contributed by atoms with Crippen LogP contribution in [0.4, 0.5) is 0 Å². The molecule has 1 aromatic rings. The minimum Gasteiger partial charge on any atom is -0.482 e. The highest BCUT2D eigenvalue weighted by molar-refractivity contribution is 7.99. The largest absolute Gasteiger partial charge is 0.482 e. The predicted octanol–water partition coefficient (Wildman–Crippen LogP) is 3.11. The normalized spacial score (nSPS) is 12.0. The van der Waals surface area contributed by atoms with E-state index < -0.39 is 5.97 Å². The van der Waals surface area contributed by atoms with E-state index in [4.69, 9.17) is 9.84 Å². The summed E-state index contributed by atoms with van der Waals surface area (Å²) in [5, 5.41) is 11.5. The van der Waals surface area contributed by atoms with Crippen molar-refractivity contribution in [2.24, 2.45) is 5.92 Å². The molecule has 0 fully saturated rings. The molecule has 0 saturated carbocycles. The standard InChI is InChI=1S/C17H25NO4S/c1-12(2)8-9-23-11-16(19)18-13(3)14-4-6-15(7-5-14)22-10-17(20)21/h4-7,12-13H,8-11H2,1-3H3,(H,18,19)(H,20,21). The highest BCUT2D eigenvalue weighted by Gasteiger charge is 2.10. The lowest BCUT2D eigenvalue weighted by Crippen LogP contribution is -2.28. The van der Waals surface area contributed by atoms with Crippen LogP contribution in [0.5, 0.6) is 5.75 Å². The molecule has 1 aromatic carbocycles. The number of carboxylic acid groups (broad SMARTS) is 1. The number of amides is 1. The van der Waals surface area contributed by atoms with E-state index in [9.17, 15) is 9.59 Å². The van der Waals surface area contributed by atoms with E-state index in [1.165, 1.54) is 0 Å². The number of thioether (sulfide) groups is 1. The minimum atomic E-state index is -1.01. The molecule has 0 aliphatic rings. The molecule has 5 nitrogen and oxygen atoms in total. The van der Waals surface area contributed by atoms with Crippen LogP contribution in [0.1, 0.15) is 38.8 Å². The summed E-state index contributed by atoms with van der Waals surface area (Å²) in [4.78, 5) is 22.3. The summed E-state index contributed by atoms with van der Waals surface area (Å²) < 4.78 is 5.08. The average molecular weight is 339 g/mol. The van der Waals surface area contributed by atoms with Gasteiger partial charge in [0.2, 0.25) is 5.91 Å². The van der Waals surface area contributed by atoms with Crippen molar-refractivity contribution in [3.05, 3.63) is 29.8 Å². The number of nitrogens with one attached hydrogen (secondary N) is 1. The van der Waals surface area contributed by atoms with Crippen molar-refractivity contribution in [2.75, 3.05) is 18.1 Å². The van der Waals surface area contributed by atoms with Crippen molar-refractivity contribution >= 4 is 23.6 Å². The highest BCUT2D eigenvalue weighted by atomic mass is 32.2. The third-order valence-electron chi connectivity index (χ3n) is 3.19. The summed E-state index contributed by atoms with van der Waals surface area (Å²) in [5.74, 6) is 1.64. The van der Waals surface area contributed by atoms with E-state index in [0.29, 0.717) is 17.4 Å². The number of benzene rings is 1. The number of rotatable bonds is 10. The molecule has 6 heteroatoms. The summed E-state index contributed by atoms with van der Waals surface area (Å²) >= 11 is 1.65. The number of ether oxygens (including phenoxy) is 1. The molecule has 0 radical (unpaired) electrons. The third-order valence-corrected chi connectivity index (χ3v) is 4.18. The van der Waals surface area contributed by atoms with Gasteiger partial charge in [-0.3, -0.25) is 4.79 Å². The smallest absolute Gasteiger partial charge is 0.341 e. The van der Waals surface area contributed by atoms with Gasteiger partial charge in [0.15, 0.2) is 6.61 Å². The van der Waals surface area contributed by atoms with Crippen molar-refractivity contribution in [1.82, 2.24) is 5.32 Å². The van der Waals surface area contributed by atoms with Crippen LogP contribution in [0, 0.1) is 5.92 Å². The van der Waals surface area contributed by atoms with E-state index >= 15 is 0 Å². The maximum Gasteiger partial charge on any atom is 0.341 e. The Kier molecular flexibility index (Phi) is 8.55. The van der Waals surface area contributed by atoms with Crippen molar-refractivity contribution in [2.45, 2.75) is 33.2 Å². The lowest BCUT2D eigenvalue weighted by Gasteiger charge is -2.15. The lowest BCUT2D eigenvalue weighted by molar-refractivity contribution is -0.139. The molecule has 1 atom stereocenters. The zero-order chi connectivity index (χ0) is 17.2. The van der Waals surface area contributed by atoms with Gasteiger partial charge in [-0.1, -0.05) is 26.0 Å². The molecule has 0 aromatic heterocycles. The van der Waals surface area contributed by atoms with Gasteiger partial charge < -0.3 is 15.2 Å². The zero-order valence-electron chi connectivity index (χ0n) is 13.9. The first-order chi connectivity index (χ1) is 10.9. The second-order valence-electron chi connectivity index (χ2n) is 5.78. The number of hydrogen-bond donors (Lipinski definition) is 2. The molecule has 1 unspecified atom stereocenters. The Morgan fingerprint density at radius 1 is 1.22 bits per heavy atom. The molecular weight excluding hydrogens is 314 g/mol. The van der Waals surface area contributed by atoms with Gasteiger partial charge in [-0.25, -0.2) is 4.79 Å². The Morgan fingerprint density at radius 3 is 2.43 bits per heavy atom. The van der Waals surface area contributed by atoms with E-state index in [1.807, 2.05) is 19.1 Å². The molecule has 0 heterocycles. The van der Waals surface area contributed by atoms with Crippen LogP contribution in [0.2, 0.25) is 0 Å². The summed E-state index contributed by atoms with van der Waals surface area (Å²) in [6.45, 7) is 5.90. The van der Waals surface area contributed by atoms with Gasteiger partial charge in [-0.05, 0) is 42.7 Å². The van der Waals surface area contributed by atoms with E-state index in [-0.39, 0.29) is 18.6 Å². The lowest BCUT2D eigenvalue weighted by atomic mass is 10.1. The SMILES string of the molecule is CC(C)CCSCC(=O)NC(C)c1ccc(OCC(=O)O)cc1. The first-order valence-corrected chi connectivity index (χ1v) is 8.85. The van der Waals surface area contributed by atoms with E-state index in [2.05, 4.69) is 19.2 Å². The highest BCUT2D eigenvalue weighted by Crippen LogP contribution is 2.18. The molecule has 0 aliphatic heterocycles. The van der Waals surface area contributed by atoms with Crippen LogP contribution >= 0.6 is 11.8 Å². The summed E-state index contributed by atoms with van der Waals surface area (Å²) in [6.07, 6.45) is 1.12. The number of aliphatic carboxylic acids is 1. The fraction of sp³-hybridized carbons (Fsp3) is 0.529. The molecule has 128 valence electrons. The summed E-state index contributed by atoms with van der Waals surface area (Å²) in [6, 6.07) is 6.97. The van der Waals surface area contributed by atoms with E-state index in [1.54, 1.807) is 23.9 Å². The van der Waals surface area contributed by atoms with Gasteiger partial charge >= 0.3 is 5.97 Å². The Hall–Kier alpha value is -1.69. The fourth-order valence-corrected chi connectivity index (χ4v) is 2.90. The molecule has 2 N–H and O–H groups in total. The van der Waals surface area contributed by atoms with Gasteiger partial charge in [0.1, 0.15) is 5.75 Å². The first kappa shape index (κ1) is 19.4. The maximum absolute atomic E-state index is 11.9. The Balaban J connectivity index is 2.37. The topological polar surface area (TPSA) is 75.6 Å². The molecule has 1 amide bonds. The van der Waals surface area contributed by atoms with Crippen molar-refractivity contribution in [3.63, 3.8) is 0 Å². The Labute approximate surface area is 141 Å². The van der Waals surface area contributed by atoms with Gasteiger partial charge in [0, 0.05) is 0 Å². The number of hydrogen-bond acceptors (Lipinski definition) is 4. The summed E-state index contributed by atoms with van der Waals surface area (Å²) in [7, 11) is 0. The molecular formula is C17H25NO4S. The molecule has 23 heavy (non-hydrogen) atoms. The second kappa shape index (κ2) is 10.2. The van der Waals surface area contributed by atoms with Crippen LogP contribution in [0.15, 0.2) is 24.3 Å². The Bertz CT molecular complexity index is 502. The summed E-state index contributed by atoms with van der Waals surface area (Å²) in [5.41, 5.74) is 0.952. The quantitative estimate of drug-likeness (QED) is 0.641. The van der Waals surface area contributed by atoms with Crippen LogP contribution in [0.25, 0.3) is 0 Å². The van der Waals surface area contributed by atoms with Crippen LogP contribution in [0.3, 0.4) is 0 Å². The second-order valence-corrected chi connectivity index (χ2v) is 6.88. The molecule has 0 aliphatic carbocycles. The zero-order valence-corrected chi connectivity index (χ0v) is 14.7. The van der Waals surface area contributed by atoms with Gasteiger partial charge in [0.25, 0.3) is 0 Å². The third kappa shape index (κ3) is 8.50. The van der Waals surface area contributed by atoms with E-state index in [0.717, 1.165) is 17.7 Å². The first-order valence-electron chi connectivity index (χ1n) is 7.70. The molecule has 0 bridgehead atoms. The molecule has 0 saturated heterocycles.